The second kappa shape index (κ2) is 6.26. The number of carbonyl (C=O) groups is 2. The molecule has 1 aromatic carbocycles. The van der Waals surface area contributed by atoms with E-state index in [1.807, 2.05) is 22.6 Å². The van der Waals surface area contributed by atoms with E-state index < -0.39 is 18.4 Å². The predicted octanol–water partition coefficient (Wildman–Crippen LogP) is 1.03. The number of amides is 1. The van der Waals surface area contributed by atoms with E-state index in [0.29, 0.717) is 11.3 Å². The van der Waals surface area contributed by atoms with E-state index in [4.69, 9.17) is 17.3 Å². The molecule has 0 atom stereocenters. The van der Waals surface area contributed by atoms with E-state index in [1.54, 1.807) is 18.2 Å². The van der Waals surface area contributed by atoms with E-state index in [0.717, 1.165) is 8.47 Å². The number of benzene rings is 1. The highest BCUT2D eigenvalue weighted by molar-refractivity contribution is 14.1. The van der Waals surface area contributed by atoms with E-state index in [-0.39, 0.29) is 6.54 Å². The van der Waals surface area contributed by atoms with Gasteiger partial charge in [0.25, 0.3) is 5.91 Å². The number of nitrogens with zero attached hydrogens (tertiary/aromatic N) is 1. The standard InChI is InChI=1S/C12H11IN2O3/c1-2-5-15(7-11(16)17)12(18)8-3-4-10(14)9(13)6-8/h1,3-4,6H,5,7,14H2,(H,16,17). The molecule has 3 N–H and O–H groups in total. The Bertz CT molecular complexity index is 523. The summed E-state index contributed by atoms with van der Waals surface area (Å²) >= 11 is 2.00. The number of aliphatic carboxylic acids is 1. The van der Waals surface area contributed by atoms with Gasteiger partial charge in [0.15, 0.2) is 0 Å². The van der Waals surface area contributed by atoms with E-state index in [1.165, 1.54) is 0 Å². The highest BCUT2D eigenvalue weighted by Crippen LogP contribution is 2.17. The van der Waals surface area contributed by atoms with Gasteiger partial charge in [0.1, 0.15) is 6.54 Å². The van der Waals surface area contributed by atoms with Crippen LogP contribution in [0.4, 0.5) is 5.69 Å². The Morgan fingerprint density at radius 2 is 2.17 bits per heavy atom. The van der Waals surface area contributed by atoms with Gasteiger partial charge in [-0.2, -0.15) is 0 Å². The van der Waals surface area contributed by atoms with Crippen molar-refractivity contribution in [1.29, 1.82) is 0 Å². The molecule has 0 unspecified atom stereocenters. The molecular weight excluding hydrogens is 347 g/mol. The van der Waals surface area contributed by atoms with Crippen LogP contribution in [0.3, 0.4) is 0 Å². The molecule has 0 saturated heterocycles. The maximum atomic E-state index is 12.1. The predicted molar refractivity (Wildman–Crippen MR) is 75.9 cm³/mol. The zero-order valence-electron chi connectivity index (χ0n) is 9.39. The van der Waals surface area contributed by atoms with Crippen molar-refractivity contribution in [2.75, 3.05) is 18.8 Å². The Labute approximate surface area is 118 Å². The largest absolute Gasteiger partial charge is 0.480 e. The number of carbonyl (C=O) groups excluding carboxylic acids is 1. The number of hydrogen-bond donors (Lipinski definition) is 2. The van der Waals surface area contributed by atoms with Crippen molar-refractivity contribution in [3.63, 3.8) is 0 Å². The molecule has 1 amide bonds. The third-order valence-corrected chi connectivity index (χ3v) is 3.08. The van der Waals surface area contributed by atoms with Crippen LogP contribution in [0.5, 0.6) is 0 Å². The zero-order valence-corrected chi connectivity index (χ0v) is 11.5. The number of rotatable bonds is 4. The molecule has 18 heavy (non-hydrogen) atoms. The van der Waals surface area contributed by atoms with Crippen LogP contribution in [0.15, 0.2) is 18.2 Å². The summed E-state index contributed by atoms with van der Waals surface area (Å²) < 4.78 is 0.731. The number of halogens is 1. The topological polar surface area (TPSA) is 83.6 Å². The van der Waals surface area contributed by atoms with Gasteiger partial charge >= 0.3 is 5.97 Å². The second-order valence-electron chi connectivity index (χ2n) is 3.50. The smallest absolute Gasteiger partial charge is 0.323 e. The molecule has 1 rings (SSSR count). The fourth-order valence-corrected chi connectivity index (χ4v) is 1.83. The molecule has 5 nitrogen and oxygen atoms in total. The van der Waals surface area contributed by atoms with E-state index >= 15 is 0 Å². The fraction of sp³-hybridized carbons (Fsp3) is 0.167. The van der Waals surface area contributed by atoms with Crippen molar-refractivity contribution in [3.05, 3.63) is 27.3 Å². The lowest BCUT2D eigenvalue weighted by Crippen LogP contribution is -2.36. The van der Waals surface area contributed by atoms with Crippen LogP contribution in [0.2, 0.25) is 0 Å². The number of carboxylic acid groups (broad SMARTS) is 1. The summed E-state index contributed by atoms with van der Waals surface area (Å²) in [6.07, 6.45) is 5.12. The molecule has 0 radical (unpaired) electrons. The third-order valence-electron chi connectivity index (χ3n) is 2.14. The van der Waals surface area contributed by atoms with Crippen LogP contribution in [-0.4, -0.2) is 35.0 Å². The van der Waals surface area contributed by atoms with Crippen molar-refractivity contribution < 1.29 is 14.7 Å². The first-order valence-corrected chi connectivity index (χ1v) is 6.03. The first kappa shape index (κ1) is 14.3. The molecule has 0 fully saturated rings. The Morgan fingerprint density at radius 1 is 1.50 bits per heavy atom. The van der Waals surface area contributed by atoms with Gasteiger partial charge in [-0.25, -0.2) is 0 Å². The van der Waals surface area contributed by atoms with Crippen LogP contribution in [-0.2, 0) is 4.79 Å². The molecule has 0 aromatic heterocycles. The van der Waals surface area contributed by atoms with Gasteiger partial charge < -0.3 is 15.7 Å². The summed E-state index contributed by atoms with van der Waals surface area (Å²) in [6, 6.07) is 4.75. The lowest BCUT2D eigenvalue weighted by Gasteiger charge is -2.18. The maximum absolute atomic E-state index is 12.1. The molecule has 6 heteroatoms. The van der Waals surface area contributed by atoms with Crippen LogP contribution >= 0.6 is 22.6 Å². The van der Waals surface area contributed by atoms with Gasteiger partial charge in [0.05, 0.1) is 6.54 Å². The molecular formula is C12H11IN2O3. The van der Waals surface area contributed by atoms with Crippen LogP contribution in [0.25, 0.3) is 0 Å². The molecule has 0 bridgehead atoms. The van der Waals surface area contributed by atoms with Gasteiger partial charge in [-0.3, -0.25) is 9.59 Å². The molecule has 0 heterocycles. The average molecular weight is 358 g/mol. The van der Waals surface area contributed by atoms with Gasteiger partial charge in [-0.05, 0) is 40.8 Å². The minimum absolute atomic E-state index is 0.0495. The highest BCUT2D eigenvalue weighted by atomic mass is 127. The first-order valence-electron chi connectivity index (χ1n) is 4.95. The zero-order chi connectivity index (χ0) is 13.7. The minimum Gasteiger partial charge on any atom is -0.480 e. The quantitative estimate of drug-likeness (QED) is 0.479. The monoisotopic (exact) mass is 358 g/mol. The van der Waals surface area contributed by atoms with Crippen molar-refractivity contribution in [2.45, 2.75) is 0 Å². The average Bonchev–Trinajstić information content (AvgIpc) is 2.31. The summed E-state index contributed by atoms with van der Waals surface area (Å²) in [7, 11) is 0. The molecule has 0 aliphatic rings. The lowest BCUT2D eigenvalue weighted by molar-refractivity contribution is -0.137. The normalized spacial score (nSPS) is 9.56. The molecule has 0 saturated carbocycles. The molecule has 1 aromatic rings. The highest BCUT2D eigenvalue weighted by Gasteiger charge is 2.18. The van der Waals surface area contributed by atoms with Crippen molar-refractivity contribution in [3.8, 4) is 12.3 Å². The second-order valence-corrected chi connectivity index (χ2v) is 4.66. The Hall–Kier alpha value is -1.75. The summed E-state index contributed by atoms with van der Waals surface area (Å²) in [6.45, 7) is -0.476. The van der Waals surface area contributed by atoms with Crippen molar-refractivity contribution >= 4 is 40.2 Å². The number of terminal acetylenes is 1. The SMILES string of the molecule is C#CCN(CC(=O)O)C(=O)c1ccc(N)c(I)c1. The van der Waals surface area contributed by atoms with E-state index in [2.05, 4.69) is 5.92 Å². The van der Waals surface area contributed by atoms with Crippen LogP contribution < -0.4 is 5.73 Å². The fourth-order valence-electron chi connectivity index (χ4n) is 1.32. The van der Waals surface area contributed by atoms with Gasteiger partial charge in [0.2, 0.25) is 0 Å². The van der Waals surface area contributed by atoms with Crippen molar-refractivity contribution in [2.24, 2.45) is 0 Å². The lowest BCUT2D eigenvalue weighted by atomic mass is 10.2. The van der Waals surface area contributed by atoms with E-state index in [9.17, 15) is 9.59 Å². The Morgan fingerprint density at radius 3 is 2.67 bits per heavy atom. The van der Waals surface area contributed by atoms with Crippen LogP contribution in [0.1, 0.15) is 10.4 Å². The first-order chi connectivity index (χ1) is 8.45. The summed E-state index contributed by atoms with van der Waals surface area (Å²) in [5.41, 5.74) is 6.58. The number of carboxylic acids is 1. The minimum atomic E-state index is -1.11. The molecule has 0 aliphatic heterocycles. The summed E-state index contributed by atoms with van der Waals surface area (Å²) in [5, 5.41) is 8.72. The number of nitrogen functional groups attached to an aromatic ring is 1. The molecule has 0 spiro atoms. The maximum Gasteiger partial charge on any atom is 0.323 e. The molecule has 0 aliphatic carbocycles. The number of hydrogen-bond acceptors (Lipinski definition) is 3. The summed E-state index contributed by atoms with van der Waals surface area (Å²) in [5.74, 6) is 0.734. The number of nitrogens with two attached hydrogens (primary N) is 1. The Kier molecular flexibility index (Phi) is 4.97. The van der Waals surface area contributed by atoms with Crippen LogP contribution in [0, 0.1) is 15.9 Å². The Balaban J connectivity index is 2.98. The van der Waals surface area contributed by atoms with Crippen molar-refractivity contribution in [1.82, 2.24) is 4.90 Å². The summed E-state index contributed by atoms with van der Waals surface area (Å²) in [4.78, 5) is 23.8. The third kappa shape index (κ3) is 3.63. The van der Waals surface area contributed by atoms with Gasteiger partial charge in [0, 0.05) is 14.8 Å². The van der Waals surface area contributed by atoms with Gasteiger partial charge in [-0.15, -0.1) is 6.42 Å². The van der Waals surface area contributed by atoms with Gasteiger partial charge in [-0.1, -0.05) is 5.92 Å². The number of anilines is 1. The molecule has 94 valence electrons.